The molecule has 0 aliphatic rings. The zero-order valence-corrected chi connectivity index (χ0v) is 8.97. The summed E-state index contributed by atoms with van der Waals surface area (Å²) in [6.07, 6.45) is 2.29. The largest absolute Gasteiger partial charge is 0.480 e. The molecule has 0 amide bonds. The summed E-state index contributed by atoms with van der Waals surface area (Å²) >= 11 is 0. The smallest absolute Gasteiger partial charge is 0.323 e. The van der Waals surface area contributed by atoms with Gasteiger partial charge in [-0.3, -0.25) is 4.79 Å². The van der Waals surface area contributed by atoms with Crippen molar-refractivity contribution in [3.8, 4) is 0 Å². The van der Waals surface area contributed by atoms with Gasteiger partial charge < -0.3 is 10.0 Å². The number of hydrogen-bond acceptors (Lipinski definition) is 4. The highest BCUT2D eigenvalue weighted by molar-refractivity contribution is 5.73. The van der Waals surface area contributed by atoms with Crippen LogP contribution in [0.15, 0.2) is 12.4 Å². The molecule has 0 atom stereocenters. The molecule has 1 N–H and O–H groups in total. The standard InChI is InChI=1S/C10H15N3O2/c1-3-8-5-9(12-7-11-8)13(4-2)6-10(14)15/h5,7H,3-4,6H2,1-2H3,(H,14,15). The second-order valence-corrected chi connectivity index (χ2v) is 3.13. The molecule has 1 aromatic rings. The number of aromatic nitrogens is 2. The maximum Gasteiger partial charge on any atom is 0.323 e. The van der Waals surface area contributed by atoms with Crippen LogP contribution in [0.5, 0.6) is 0 Å². The Morgan fingerprint density at radius 3 is 2.73 bits per heavy atom. The first-order chi connectivity index (χ1) is 7.17. The molecule has 0 radical (unpaired) electrons. The molecule has 0 fully saturated rings. The van der Waals surface area contributed by atoms with Gasteiger partial charge in [-0.05, 0) is 13.3 Å². The van der Waals surface area contributed by atoms with Crippen molar-refractivity contribution in [2.24, 2.45) is 0 Å². The van der Waals surface area contributed by atoms with Crippen molar-refractivity contribution in [2.75, 3.05) is 18.0 Å². The predicted molar refractivity (Wildman–Crippen MR) is 56.9 cm³/mol. The van der Waals surface area contributed by atoms with E-state index >= 15 is 0 Å². The van der Waals surface area contributed by atoms with E-state index in [0.29, 0.717) is 12.4 Å². The summed E-state index contributed by atoms with van der Waals surface area (Å²) in [7, 11) is 0. The molecule has 15 heavy (non-hydrogen) atoms. The highest BCUT2D eigenvalue weighted by Crippen LogP contribution is 2.10. The monoisotopic (exact) mass is 209 g/mol. The fourth-order valence-electron chi connectivity index (χ4n) is 1.27. The summed E-state index contributed by atoms with van der Waals surface area (Å²) in [6, 6.07) is 1.83. The van der Waals surface area contributed by atoms with Crippen molar-refractivity contribution in [3.05, 3.63) is 18.1 Å². The van der Waals surface area contributed by atoms with Crippen LogP contribution in [0.2, 0.25) is 0 Å². The number of nitrogens with zero attached hydrogens (tertiary/aromatic N) is 3. The van der Waals surface area contributed by atoms with Gasteiger partial charge in [-0.2, -0.15) is 0 Å². The number of carboxylic acids is 1. The van der Waals surface area contributed by atoms with Gasteiger partial charge in [0, 0.05) is 18.3 Å². The quantitative estimate of drug-likeness (QED) is 0.782. The summed E-state index contributed by atoms with van der Waals surface area (Å²) < 4.78 is 0. The average Bonchev–Trinajstić information content (AvgIpc) is 2.25. The maximum atomic E-state index is 10.6. The second kappa shape index (κ2) is 5.29. The first-order valence-corrected chi connectivity index (χ1v) is 4.95. The van der Waals surface area contributed by atoms with Crippen LogP contribution in [-0.2, 0) is 11.2 Å². The molecular formula is C10H15N3O2. The molecule has 1 aromatic heterocycles. The van der Waals surface area contributed by atoms with E-state index in [0.717, 1.165) is 12.1 Å². The summed E-state index contributed by atoms with van der Waals surface area (Å²) in [4.78, 5) is 20.4. The topological polar surface area (TPSA) is 66.3 Å². The molecule has 0 saturated carbocycles. The molecule has 82 valence electrons. The molecule has 0 unspecified atom stereocenters. The third-order valence-electron chi connectivity index (χ3n) is 2.10. The van der Waals surface area contributed by atoms with Crippen LogP contribution < -0.4 is 4.90 Å². The van der Waals surface area contributed by atoms with Crippen molar-refractivity contribution in [2.45, 2.75) is 20.3 Å². The number of rotatable bonds is 5. The van der Waals surface area contributed by atoms with Gasteiger partial charge in [0.05, 0.1) is 0 Å². The first-order valence-electron chi connectivity index (χ1n) is 4.95. The molecule has 0 aliphatic carbocycles. The van der Waals surface area contributed by atoms with Gasteiger partial charge in [-0.15, -0.1) is 0 Å². The lowest BCUT2D eigenvalue weighted by atomic mass is 10.3. The number of carboxylic acid groups (broad SMARTS) is 1. The minimum Gasteiger partial charge on any atom is -0.480 e. The van der Waals surface area contributed by atoms with Gasteiger partial charge in [0.2, 0.25) is 0 Å². The highest BCUT2D eigenvalue weighted by atomic mass is 16.4. The third kappa shape index (κ3) is 3.19. The Bertz CT molecular complexity index is 341. The number of likely N-dealkylation sites (N-methyl/N-ethyl adjacent to an activating group) is 1. The van der Waals surface area contributed by atoms with Crippen molar-refractivity contribution in [1.29, 1.82) is 0 Å². The van der Waals surface area contributed by atoms with Crippen molar-refractivity contribution >= 4 is 11.8 Å². The van der Waals surface area contributed by atoms with Crippen LogP contribution in [-0.4, -0.2) is 34.1 Å². The van der Waals surface area contributed by atoms with Gasteiger partial charge >= 0.3 is 5.97 Å². The van der Waals surface area contributed by atoms with E-state index in [9.17, 15) is 4.79 Å². The molecule has 0 spiro atoms. The van der Waals surface area contributed by atoms with Gasteiger partial charge in [-0.1, -0.05) is 6.92 Å². The van der Waals surface area contributed by atoms with E-state index in [1.807, 2.05) is 19.9 Å². The van der Waals surface area contributed by atoms with Crippen LogP contribution in [0, 0.1) is 0 Å². The molecule has 0 aromatic carbocycles. The average molecular weight is 209 g/mol. The molecular weight excluding hydrogens is 194 g/mol. The van der Waals surface area contributed by atoms with Gasteiger partial charge in [0.25, 0.3) is 0 Å². The zero-order chi connectivity index (χ0) is 11.3. The Kier molecular flexibility index (Phi) is 4.03. The van der Waals surface area contributed by atoms with E-state index < -0.39 is 5.97 Å². The summed E-state index contributed by atoms with van der Waals surface area (Å²) in [6.45, 7) is 4.49. The van der Waals surface area contributed by atoms with Crippen LogP contribution in [0.25, 0.3) is 0 Å². The van der Waals surface area contributed by atoms with Gasteiger partial charge in [-0.25, -0.2) is 9.97 Å². The Morgan fingerprint density at radius 2 is 2.20 bits per heavy atom. The van der Waals surface area contributed by atoms with Gasteiger partial charge in [0.1, 0.15) is 18.7 Å². The second-order valence-electron chi connectivity index (χ2n) is 3.13. The van der Waals surface area contributed by atoms with E-state index in [4.69, 9.17) is 5.11 Å². The highest BCUT2D eigenvalue weighted by Gasteiger charge is 2.10. The summed E-state index contributed by atoms with van der Waals surface area (Å²) in [5, 5.41) is 8.72. The normalized spacial score (nSPS) is 10.0. The van der Waals surface area contributed by atoms with Crippen LogP contribution in [0.4, 0.5) is 5.82 Å². The molecule has 5 nitrogen and oxygen atoms in total. The Morgan fingerprint density at radius 1 is 1.47 bits per heavy atom. The van der Waals surface area contributed by atoms with Crippen molar-refractivity contribution < 1.29 is 9.90 Å². The number of anilines is 1. The van der Waals surface area contributed by atoms with Crippen molar-refractivity contribution in [1.82, 2.24) is 9.97 Å². The third-order valence-corrected chi connectivity index (χ3v) is 2.10. The molecule has 0 aliphatic heterocycles. The van der Waals surface area contributed by atoms with E-state index in [1.54, 1.807) is 4.90 Å². The lowest BCUT2D eigenvalue weighted by Crippen LogP contribution is -2.30. The zero-order valence-electron chi connectivity index (χ0n) is 8.97. The molecule has 0 bridgehead atoms. The predicted octanol–water partition coefficient (Wildman–Crippen LogP) is 0.950. The minimum absolute atomic E-state index is 0.0311. The van der Waals surface area contributed by atoms with Crippen LogP contribution in [0.3, 0.4) is 0 Å². The Balaban J connectivity index is 2.85. The van der Waals surface area contributed by atoms with Crippen LogP contribution >= 0.6 is 0 Å². The van der Waals surface area contributed by atoms with E-state index in [2.05, 4.69) is 9.97 Å². The first kappa shape index (κ1) is 11.4. The van der Waals surface area contributed by atoms with E-state index in [1.165, 1.54) is 6.33 Å². The Hall–Kier alpha value is -1.65. The Labute approximate surface area is 88.8 Å². The number of hydrogen-bond donors (Lipinski definition) is 1. The summed E-state index contributed by atoms with van der Waals surface area (Å²) in [5.41, 5.74) is 0.920. The van der Waals surface area contributed by atoms with Gasteiger partial charge in [0.15, 0.2) is 0 Å². The molecule has 5 heteroatoms. The number of carbonyl (C=O) groups is 1. The maximum absolute atomic E-state index is 10.6. The van der Waals surface area contributed by atoms with Crippen LogP contribution in [0.1, 0.15) is 19.5 Å². The van der Waals surface area contributed by atoms with E-state index in [-0.39, 0.29) is 6.54 Å². The minimum atomic E-state index is -0.853. The lowest BCUT2D eigenvalue weighted by Gasteiger charge is -2.19. The molecule has 1 heterocycles. The molecule has 1 rings (SSSR count). The van der Waals surface area contributed by atoms with Crippen molar-refractivity contribution in [3.63, 3.8) is 0 Å². The lowest BCUT2D eigenvalue weighted by molar-refractivity contribution is -0.135. The fraction of sp³-hybridized carbons (Fsp3) is 0.500. The fourth-order valence-corrected chi connectivity index (χ4v) is 1.27. The summed E-state index contributed by atoms with van der Waals surface area (Å²) in [5.74, 6) is -0.180. The number of aryl methyl sites for hydroxylation is 1. The molecule has 0 saturated heterocycles. The number of aliphatic carboxylic acids is 1. The SMILES string of the molecule is CCc1cc(N(CC)CC(=O)O)ncn1.